The lowest BCUT2D eigenvalue weighted by atomic mass is 10.1. The van der Waals surface area contributed by atoms with Gasteiger partial charge in [-0.2, -0.15) is 17.0 Å². The molecule has 1 N–H and O–H groups in total. The number of aromatic amines is 1. The molecule has 0 radical (unpaired) electrons. The first kappa shape index (κ1) is 18.4. The van der Waals surface area contributed by atoms with Crippen LogP contribution >= 0.6 is 0 Å². The fourth-order valence-corrected chi connectivity index (χ4v) is 5.39. The van der Waals surface area contributed by atoms with Crippen molar-refractivity contribution in [3.8, 4) is 0 Å². The molecular formula is C17H22N4O5S. The number of morpholine rings is 1. The highest BCUT2D eigenvalue weighted by molar-refractivity contribution is 7.86. The third-order valence-corrected chi connectivity index (χ3v) is 7.28. The van der Waals surface area contributed by atoms with Gasteiger partial charge in [0.25, 0.3) is 15.8 Å². The van der Waals surface area contributed by atoms with Gasteiger partial charge < -0.3 is 9.72 Å². The molecule has 9 nitrogen and oxygen atoms in total. The molecule has 4 rings (SSSR count). The average molecular weight is 394 g/mol. The van der Waals surface area contributed by atoms with Gasteiger partial charge in [-0.3, -0.25) is 9.36 Å². The summed E-state index contributed by atoms with van der Waals surface area (Å²) >= 11 is 0. The van der Waals surface area contributed by atoms with E-state index in [0.29, 0.717) is 50.0 Å². The third-order valence-electron chi connectivity index (χ3n) is 5.25. The Labute approximate surface area is 156 Å². The summed E-state index contributed by atoms with van der Waals surface area (Å²) in [6.45, 7) is 2.07. The summed E-state index contributed by atoms with van der Waals surface area (Å²) in [5, 5.41) is 0.459. The topological polar surface area (TPSA) is 105 Å². The van der Waals surface area contributed by atoms with E-state index < -0.39 is 15.9 Å². The average Bonchev–Trinajstić information content (AvgIpc) is 2.69. The van der Waals surface area contributed by atoms with Gasteiger partial charge in [0, 0.05) is 32.2 Å². The molecule has 2 saturated heterocycles. The minimum Gasteiger partial charge on any atom is -0.379 e. The maximum absolute atomic E-state index is 12.8. The molecule has 10 heteroatoms. The molecule has 3 heterocycles. The fraction of sp³-hybridized carbons (Fsp3) is 0.529. The zero-order valence-corrected chi connectivity index (χ0v) is 15.7. The third kappa shape index (κ3) is 3.33. The molecule has 0 unspecified atom stereocenters. The van der Waals surface area contributed by atoms with Gasteiger partial charge in [0.15, 0.2) is 0 Å². The minimum atomic E-state index is -3.53. The minimum absolute atomic E-state index is 0.281. The number of piperidine rings is 1. The first-order valence-electron chi connectivity index (χ1n) is 9.05. The van der Waals surface area contributed by atoms with Crippen molar-refractivity contribution in [3.05, 3.63) is 45.1 Å². The number of H-pyrrole nitrogens is 1. The predicted octanol–water partition coefficient (Wildman–Crippen LogP) is -0.0963. The van der Waals surface area contributed by atoms with Gasteiger partial charge in [-0.05, 0) is 25.0 Å². The molecule has 2 aliphatic heterocycles. The molecule has 1 aromatic carbocycles. The van der Waals surface area contributed by atoms with Gasteiger partial charge in [0.05, 0.1) is 24.1 Å². The highest BCUT2D eigenvalue weighted by Gasteiger charge is 2.34. The van der Waals surface area contributed by atoms with Crippen LogP contribution < -0.4 is 11.2 Å². The summed E-state index contributed by atoms with van der Waals surface area (Å²) in [5.41, 5.74) is -0.270. The number of nitrogens with one attached hydrogen (secondary N) is 1. The summed E-state index contributed by atoms with van der Waals surface area (Å²) in [7, 11) is -3.53. The summed E-state index contributed by atoms with van der Waals surface area (Å²) in [6.07, 6.45) is 0.843. The van der Waals surface area contributed by atoms with E-state index in [-0.39, 0.29) is 24.7 Å². The molecule has 2 aliphatic rings. The monoisotopic (exact) mass is 394 g/mol. The van der Waals surface area contributed by atoms with Crippen molar-refractivity contribution in [2.24, 2.45) is 0 Å². The van der Waals surface area contributed by atoms with Gasteiger partial charge in [0.1, 0.15) is 0 Å². The molecule has 146 valence electrons. The maximum atomic E-state index is 12.8. The van der Waals surface area contributed by atoms with Crippen LogP contribution in [0.1, 0.15) is 18.9 Å². The molecule has 0 amide bonds. The summed E-state index contributed by atoms with van der Waals surface area (Å²) in [6, 6.07) is 6.57. The van der Waals surface area contributed by atoms with Crippen LogP contribution in [-0.4, -0.2) is 66.0 Å². The van der Waals surface area contributed by atoms with Crippen LogP contribution in [0.2, 0.25) is 0 Å². The maximum Gasteiger partial charge on any atom is 0.329 e. The SMILES string of the molecule is O=c1[nH]c2ccccc2c(=O)n1C1CCN(S(=O)(=O)N2CCOCC2)CC1. The van der Waals surface area contributed by atoms with Crippen LogP contribution in [0.25, 0.3) is 10.9 Å². The second-order valence-electron chi connectivity index (χ2n) is 6.80. The van der Waals surface area contributed by atoms with Crippen molar-refractivity contribution in [1.82, 2.24) is 18.2 Å². The van der Waals surface area contributed by atoms with E-state index in [4.69, 9.17) is 4.74 Å². The van der Waals surface area contributed by atoms with Crippen LogP contribution in [0.3, 0.4) is 0 Å². The number of para-hydroxylation sites is 1. The Morgan fingerprint density at radius 2 is 1.59 bits per heavy atom. The van der Waals surface area contributed by atoms with Crippen molar-refractivity contribution in [2.75, 3.05) is 39.4 Å². The lowest BCUT2D eigenvalue weighted by molar-refractivity contribution is 0.0693. The van der Waals surface area contributed by atoms with Crippen molar-refractivity contribution < 1.29 is 13.2 Å². The normalized spacial score (nSPS) is 20.9. The number of hydrogen-bond donors (Lipinski definition) is 1. The molecule has 1 aromatic heterocycles. The quantitative estimate of drug-likeness (QED) is 0.783. The molecule has 27 heavy (non-hydrogen) atoms. The number of hydrogen-bond acceptors (Lipinski definition) is 5. The van der Waals surface area contributed by atoms with Crippen molar-refractivity contribution in [2.45, 2.75) is 18.9 Å². The number of fused-ring (bicyclic) bond motifs is 1. The van der Waals surface area contributed by atoms with E-state index in [1.807, 2.05) is 0 Å². The summed E-state index contributed by atoms with van der Waals surface area (Å²) < 4.78 is 34.8. The van der Waals surface area contributed by atoms with Gasteiger partial charge >= 0.3 is 5.69 Å². The standard InChI is InChI=1S/C17H22N4O5S/c22-16-14-3-1-2-4-15(14)18-17(23)21(16)13-5-7-19(8-6-13)27(24,25)20-9-11-26-12-10-20/h1-4,13H,5-12H2,(H,18,23). The Balaban J connectivity index is 1.55. The smallest absolute Gasteiger partial charge is 0.329 e. The Bertz CT molecular complexity index is 1050. The van der Waals surface area contributed by atoms with Crippen molar-refractivity contribution >= 4 is 21.1 Å². The van der Waals surface area contributed by atoms with Crippen LogP contribution in [0, 0.1) is 0 Å². The van der Waals surface area contributed by atoms with Gasteiger partial charge in [-0.1, -0.05) is 12.1 Å². The van der Waals surface area contributed by atoms with Gasteiger partial charge in [-0.15, -0.1) is 0 Å². The van der Waals surface area contributed by atoms with Crippen LogP contribution in [-0.2, 0) is 14.9 Å². The lowest BCUT2D eigenvalue weighted by Gasteiger charge is -2.36. The Hall–Kier alpha value is -2.01. The summed E-state index contributed by atoms with van der Waals surface area (Å²) in [4.78, 5) is 27.9. The lowest BCUT2D eigenvalue weighted by Crippen LogP contribution is -2.51. The molecule has 2 fully saturated rings. The molecule has 0 saturated carbocycles. The van der Waals surface area contributed by atoms with E-state index in [9.17, 15) is 18.0 Å². The second kappa shape index (κ2) is 7.19. The second-order valence-corrected chi connectivity index (χ2v) is 8.73. The molecule has 0 bridgehead atoms. The Kier molecular flexibility index (Phi) is 4.89. The fourth-order valence-electron chi connectivity index (χ4n) is 3.78. The molecule has 0 spiro atoms. The van der Waals surface area contributed by atoms with Crippen LogP contribution in [0.4, 0.5) is 0 Å². The first-order chi connectivity index (χ1) is 13.0. The van der Waals surface area contributed by atoms with Crippen LogP contribution in [0.15, 0.2) is 33.9 Å². The van der Waals surface area contributed by atoms with Gasteiger partial charge in [-0.25, -0.2) is 4.79 Å². The number of benzene rings is 1. The number of nitrogens with zero attached hydrogens (tertiary/aromatic N) is 3. The van der Waals surface area contributed by atoms with E-state index in [0.717, 1.165) is 0 Å². The number of aromatic nitrogens is 2. The zero-order chi connectivity index (χ0) is 19.0. The van der Waals surface area contributed by atoms with Gasteiger partial charge in [0.2, 0.25) is 0 Å². The van der Waals surface area contributed by atoms with E-state index in [1.165, 1.54) is 13.2 Å². The van der Waals surface area contributed by atoms with E-state index in [1.54, 1.807) is 24.3 Å². The van der Waals surface area contributed by atoms with Crippen molar-refractivity contribution in [1.29, 1.82) is 0 Å². The zero-order valence-electron chi connectivity index (χ0n) is 14.8. The Morgan fingerprint density at radius 3 is 2.30 bits per heavy atom. The van der Waals surface area contributed by atoms with Crippen LogP contribution in [0.5, 0.6) is 0 Å². The number of ether oxygens (including phenoxy) is 1. The number of rotatable bonds is 3. The van der Waals surface area contributed by atoms with E-state index >= 15 is 0 Å². The summed E-state index contributed by atoms with van der Waals surface area (Å²) in [5.74, 6) is 0. The Morgan fingerprint density at radius 1 is 0.963 bits per heavy atom. The predicted molar refractivity (Wildman–Crippen MR) is 100.0 cm³/mol. The largest absolute Gasteiger partial charge is 0.379 e. The van der Waals surface area contributed by atoms with Crippen molar-refractivity contribution in [3.63, 3.8) is 0 Å². The molecular weight excluding hydrogens is 372 g/mol. The molecule has 0 aliphatic carbocycles. The highest BCUT2D eigenvalue weighted by Crippen LogP contribution is 2.24. The first-order valence-corrected chi connectivity index (χ1v) is 10.4. The molecule has 2 aromatic rings. The highest BCUT2D eigenvalue weighted by atomic mass is 32.2. The molecule has 0 atom stereocenters. The van der Waals surface area contributed by atoms with E-state index in [2.05, 4.69) is 4.98 Å².